The molecule has 0 amide bonds. The first kappa shape index (κ1) is 5.81. The molecule has 1 aromatic rings. The molecule has 0 radical (unpaired) electrons. The van der Waals surface area contributed by atoms with Crippen molar-refractivity contribution in [1.29, 1.82) is 5.41 Å². The van der Waals surface area contributed by atoms with E-state index >= 15 is 0 Å². The van der Waals surface area contributed by atoms with Crippen LogP contribution in [0.3, 0.4) is 0 Å². The molecule has 9 heavy (non-hydrogen) atoms. The summed E-state index contributed by atoms with van der Waals surface area (Å²) in [6.45, 7) is 1.74. The third kappa shape index (κ3) is 1.07. The second-order valence-electron chi connectivity index (χ2n) is 1.76. The highest BCUT2D eigenvalue weighted by Gasteiger charge is 1.86. The van der Waals surface area contributed by atoms with Gasteiger partial charge < -0.3 is 5.21 Å². The van der Waals surface area contributed by atoms with Crippen molar-refractivity contribution in [2.45, 2.75) is 6.92 Å². The SMILES string of the molecule is Cc1cn(O)c(=N)cn1. The van der Waals surface area contributed by atoms with Gasteiger partial charge in [-0.15, -0.1) is 0 Å². The van der Waals surface area contributed by atoms with E-state index in [0.717, 1.165) is 4.73 Å². The molecule has 0 atom stereocenters. The number of aromatic nitrogens is 2. The second kappa shape index (κ2) is 1.89. The lowest BCUT2D eigenvalue weighted by atomic mass is 10.5. The molecule has 0 spiro atoms. The van der Waals surface area contributed by atoms with E-state index in [-0.39, 0.29) is 5.49 Å². The van der Waals surface area contributed by atoms with Crippen LogP contribution in [0.15, 0.2) is 12.4 Å². The van der Waals surface area contributed by atoms with E-state index in [1.165, 1.54) is 12.4 Å². The highest BCUT2D eigenvalue weighted by atomic mass is 16.5. The topological polar surface area (TPSA) is 61.9 Å². The maximum atomic E-state index is 8.79. The third-order valence-electron chi connectivity index (χ3n) is 0.946. The molecule has 1 rings (SSSR count). The third-order valence-corrected chi connectivity index (χ3v) is 0.946. The van der Waals surface area contributed by atoms with Crippen molar-refractivity contribution >= 4 is 0 Å². The van der Waals surface area contributed by atoms with Gasteiger partial charge in [-0.05, 0) is 6.92 Å². The molecule has 0 unspecified atom stereocenters. The minimum atomic E-state index is -0.0133. The van der Waals surface area contributed by atoms with Crippen molar-refractivity contribution in [2.24, 2.45) is 0 Å². The van der Waals surface area contributed by atoms with Gasteiger partial charge in [-0.3, -0.25) is 10.4 Å². The number of nitrogens with zero attached hydrogens (tertiary/aromatic N) is 2. The fraction of sp³-hybridized carbons (Fsp3) is 0.200. The van der Waals surface area contributed by atoms with E-state index in [0.29, 0.717) is 5.69 Å². The molecule has 0 fully saturated rings. The first-order valence-electron chi connectivity index (χ1n) is 2.49. The average Bonchev–Trinajstić information content (AvgIpc) is 1.80. The zero-order chi connectivity index (χ0) is 6.85. The summed E-state index contributed by atoms with van der Waals surface area (Å²) >= 11 is 0. The fourth-order valence-corrected chi connectivity index (χ4v) is 0.502. The smallest absolute Gasteiger partial charge is 0.179 e. The summed E-state index contributed by atoms with van der Waals surface area (Å²) in [6.07, 6.45) is 2.66. The average molecular weight is 125 g/mol. The molecule has 2 N–H and O–H groups in total. The van der Waals surface area contributed by atoms with Crippen molar-refractivity contribution < 1.29 is 5.21 Å². The second-order valence-corrected chi connectivity index (χ2v) is 1.76. The standard InChI is InChI=1S/C5H7N3O/c1-4-3-8(9)5(6)2-7-4/h2-3,6,9H,1H3. The molecule has 1 aromatic heterocycles. The predicted octanol–water partition coefficient (Wildman–Crippen LogP) is -0.0917. The van der Waals surface area contributed by atoms with Crippen LogP contribution in [0.2, 0.25) is 0 Å². The molecular formula is C5H7N3O. The van der Waals surface area contributed by atoms with E-state index in [9.17, 15) is 0 Å². The quantitative estimate of drug-likeness (QED) is 0.476. The summed E-state index contributed by atoms with van der Waals surface area (Å²) in [5.74, 6) is 0. The van der Waals surface area contributed by atoms with E-state index in [1.54, 1.807) is 6.92 Å². The molecule has 0 saturated carbocycles. The van der Waals surface area contributed by atoms with E-state index in [1.807, 2.05) is 0 Å². The van der Waals surface area contributed by atoms with Crippen LogP contribution in [0.5, 0.6) is 0 Å². The van der Waals surface area contributed by atoms with Gasteiger partial charge in [-0.25, -0.2) is 0 Å². The molecule has 0 aliphatic carbocycles. The van der Waals surface area contributed by atoms with Crippen LogP contribution in [0.1, 0.15) is 5.69 Å². The van der Waals surface area contributed by atoms with Gasteiger partial charge in [0.25, 0.3) is 0 Å². The van der Waals surface area contributed by atoms with Gasteiger partial charge in [-0.2, -0.15) is 4.73 Å². The highest BCUT2D eigenvalue weighted by Crippen LogP contribution is 1.81. The zero-order valence-corrected chi connectivity index (χ0v) is 5.00. The Labute approximate surface area is 51.9 Å². The van der Waals surface area contributed by atoms with Crippen LogP contribution in [-0.4, -0.2) is 14.9 Å². The monoisotopic (exact) mass is 125 g/mol. The summed E-state index contributed by atoms with van der Waals surface area (Å²) in [4.78, 5) is 3.77. The van der Waals surface area contributed by atoms with Gasteiger partial charge in [0.1, 0.15) is 0 Å². The highest BCUT2D eigenvalue weighted by molar-refractivity contribution is 4.89. The molecule has 0 saturated heterocycles. The molecule has 1 heterocycles. The molecule has 0 bridgehead atoms. The maximum Gasteiger partial charge on any atom is 0.179 e. The molecule has 0 aliphatic rings. The summed E-state index contributed by atoms with van der Waals surface area (Å²) in [5.41, 5.74) is 0.675. The number of rotatable bonds is 0. The minimum absolute atomic E-state index is 0.0133. The van der Waals surface area contributed by atoms with Crippen LogP contribution < -0.4 is 5.49 Å². The van der Waals surface area contributed by atoms with Gasteiger partial charge in [0.2, 0.25) is 0 Å². The molecule has 0 aliphatic heterocycles. The minimum Gasteiger partial charge on any atom is -0.427 e. The van der Waals surface area contributed by atoms with Gasteiger partial charge in [0.05, 0.1) is 18.1 Å². The number of nitrogens with one attached hydrogen (secondary N) is 1. The van der Waals surface area contributed by atoms with E-state index in [4.69, 9.17) is 10.6 Å². The molecular weight excluding hydrogens is 118 g/mol. The lowest BCUT2D eigenvalue weighted by molar-refractivity contribution is 0.168. The van der Waals surface area contributed by atoms with E-state index < -0.39 is 0 Å². The number of aryl methyl sites for hydroxylation is 1. The lowest BCUT2D eigenvalue weighted by Crippen LogP contribution is -2.17. The van der Waals surface area contributed by atoms with Gasteiger partial charge >= 0.3 is 0 Å². The normalized spacial score (nSPS) is 9.44. The fourth-order valence-electron chi connectivity index (χ4n) is 0.502. The number of hydrogen-bond acceptors (Lipinski definition) is 3. The van der Waals surface area contributed by atoms with Crippen molar-refractivity contribution in [3.8, 4) is 0 Å². The van der Waals surface area contributed by atoms with Gasteiger partial charge in [0, 0.05) is 0 Å². The summed E-state index contributed by atoms with van der Waals surface area (Å²) in [6, 6.07) is 0. The largest absolute Gasteiger partial charge is 0.427 e. The Morgan fingerprint density at radius 3 is 2.89 bits per heavy atom. The Kier molecular flexibility index (Phi) is 1.22. The van der Waals surface area contributed by atoms with E-state index in [2.05, 4.69) is 4.98 Å². The van der Waals surface area contributed by atoms with Crippen molar-refractivity contribution in [3.63, 3.8) is 0 Å². The maximum absolute atomic E-state index is 8.79. The van der Waals surface area contributed by atoms with Crippen LogP contribution >= 0.6 is 0 Å². The predicted molar refractivity (Wildman–Crippen MR) is 30.0 cm³/mol. The summed E-state index contributed by atoms with van der Waals surface area (Å²) in [5, 5.41) is 15.8. The molecule has 4 heteroatoms. The van der Waals surface area contributed by atoms with Gasteiger partial charge in [-0.1, -0.05) is 0 Å². The molecule has 0 aromatic carbocycles. The van der Waals surface area contributed by atoms with Crippen LogP contribution in [0.25, 0.3) is 0 Å². The first-order chi connectivity index (χ1) is 4.20. The van der Waals surface area contributed by atoms with Gasteiger partial charge in [0.15, 0.2) is 5.49 Å². The van der Waals surface area contributed by atoms with Crippen LogP contribution in [0.4, 0.5) is 0 Å². The Morgan fingerprint density at radius 1 is 1.78 bits per heavy atom. The van der Waals surface area contributed by atoms with Crippen LogP contribution in [-0.2, 0) is 0 Å². The molecule has 4 nitrogen and oxygen atoms in total. The van der Waals surface area contributed by atoms with Crippen molar-refractivity contribution in [1.82, 2.24) is 9.71 Å². The van der Waals surface area contributed by atoms with Crippen LogP contribution in [0, 0.1) is 12.3 Å². The zero-order valence-electron chi connectivity index (χ0n) is 5.00. The molecule has 48 valence electrons. The Bertz CT molecular complexity index is 265. The first-order valence-corrected chi connectivity index (χ1v) is 2.49. The lowest BCUT2D eigenvalue weighted by Gasteiger charge is -1.95. The van der Waals surface area contributed by atoms with Crippen molar-refractivity contribution in [2.75, 3.05) is 0 Å². The Hall–Kier alpha value is -1.32. The summed E-state index contributed by atoms with van der Waals surface area (Å²) < 4.78 is 0.725. The summed E-state index contributed by atoms with van der Waals surface area (Å²) in [7, 11) is 0. The Balaban J connectivity index is 3.34. The number of hydrogen-bond donors (Lipinski definition) is 2. The van der Waals surface area contributed by atoms with Crippen molar-refractivity contribution in [3.05, 3.63) is 23.6 Å². The Morgan fingerprint density at radius 2 is 2.44 bits per heavy atom.